The first-order chi connectivity index (χ1) is 5.68. The summed E-state index contributed by atoms with van der Waals surface area (Å²) in [6, 6.07) is 1.81. The summed E-state index contributed by atoms with van der Waals surface area (Å²) in [5, 5.41) is 16.5. The maximum atomic E-state index is 9.21. The smallest absolute Gasteiger partial charge is 0.319 e. The second-order valence-corrected chi connectivity index (χ2v) is 3.69. The van der Waals surface area contributed by atoms with Crippen molar-refractivity contribution in [3.63, 3.8) is 0 Å². The quantitative estimate of drug-likeness (QED) is 0.738. The zero-order chi connectivity index (χ0) is 8.72. The highest BCUT2D eigenvalue weighted by atomic mass is 127. The molecule has 0 radical (unpaired) electrons. The molecule has 0 aromatic carbocycles. The van der Waals surface area contributed by atoms with E-state index in [1.165, 1.54) is 0 Å². The Labute approximate surface area is 82.4 Å². The lowest BCUT2D eigenvalue weighted by Gasteiger charge is -1.98. The molecule has 0 saturated carbocycles. The maximum Gasteiger partial charge on any atom is 0.319 e. The van der Waals surface area contributed by atoms with Crippen LogP contribution in [-0.4, -0.2) is 19.7 Å². The van der Waals surface area contributed by atoms with Gasteiger partial charge in [0.15, 0.2) is 5.65 Å². The minimum absolute atomic E-state index is 0.0653. The molecule has 0 aliphatic heterocycles. The van der Waals surface area contributed by atoms with Gasteiger partial charge >= 0.3 is 6.01 Å². The highest BCUT2D eigenvalue weighted by Crippen LogP contribution is 2.16. The third-order valence-corrected chi connectivity index (χ3v) is 2.82. The van der Waals surface area contributed by atoms with Gasteiger partial charge in [0, 0.05) is 9.77 Å². The van der Waals surface area contributed by atoms with Crippen molar-refractivity contribution in [2.24, 2.45) is 0 Å². The van der Waals surface area contributed by atoms with Crippen molar-refractivity contribution in [1.82, 2.24) is 14.6 Å². The molecule has 4 nitrogen and oxygen atoms in total. The number of pyridine rings is 1. The fourth-order valence-electron chi connectivity index (χ4n) is 1.000. The Balaban J connectivity index is 2.87. The van der Waals surface area contributed by atoms with Crippen LogP contribution in [0.5, 0.6) is 6.01 Å². The number of hydrogen-bond donors (Lipinski definition) is 1. The lowest BCUT2D eigenvalue weighted by molar-refractivity contribution is 0.424. The van der Waals surface area contributed by atoms with Gasteiger partial charge in [-0.3, -0.25) is 4.40 Å². The van der Waals surface area contributed by atoms with Gasteiger partial charge in [-0.2, -0.15) is 0 Å². The third-order valence-electron chi connectivity index (χ3n) is 1.66. The van der Waals surface area contributed by atoms with Crippen molar-refractivity contribution < 1.29 is 5.11 Å². The molecule has 2 heterocycles. The van der Waals surface area contributed by atoms with Gasteiger partial charge in [-0.25, -0.2) is 0 Å². The monoisotopic (exact) mass is 275 g/mol. The zero-order valence-electron chi connectivity index (χ0n) is 6.32. The predicted octanol–water partition coefficient (Wildman–Crippen LogP) is 1.35. The Hall–Kier alpha value is -0.850. The van der Waals surface area contributed by atoms with Crippen LogP contribution >= 0.6 is 22.6 Å². The predicted molar refractivity (Wildman–Crippen MR) is 52.1 cm³/mol. The van der Waals surface area contributed by atoms with E-state index in [9.17, 15) is 5.11 Å². The number of rotatable bonds is 0. The van der Waals surface area contributed by atoms with E-state index < -0.39 is 0 Å². The molecule has 5 heteroatoms. The van der Waals surface area contributed by atoms with Crippen molar-refractivity contribution in [3.05, 3.63) is 21.4 Å². The normalized spacial score (nSPS) is 10.8. The van der Waals surface area contributed by atoms with Gasteiger partial charge in [-0.1, -0.05) is 5.10 Å². The summed E-state index contributed by atoms with van der Waals surface area (Å²) in [6.07, 6.45) is 1.81. The lowest BCUT2D eigenvalue weighted by Crippen LogP contribution is -1.88. The van der Waals surface area contributed by atoms with Crippen molar-refractivity contribution in [2.45, 2.75) is 6.92 Å². The van der Waals surface area contributed by atoms with Crippen LogP contribution in [0.3, 0.4) is 0 Å². The molecule has 0 aliphatic rings. The molecule has 0 fully saturated rings. The first-order valence-electron chi connectivity index (χ1n) is 3.38. The van der Waals surface area contributed by atoms with Crippen LogP contribution in [0, 0.1) is 10.5 Å². The first kappa shape index (κ1) is 7.78. The average Bonchev–Trinajstić information content (AvgIpc) is 2.35. The highest BCUT2D eigenvalue weighted by molar-refractivity contribution is 14.1. The first-order valence-corrected chi connectivity index (χ1v) is 4.46. The number of aromatic hydroxyl groups is 1. The number of hydrogen-bond acceptors (Lipinski definition) is 3. The third kappa shape index (κ3) is 1.04. The minimum Gasteiger partial charge on any atom is -0.479 e. The second kappa shape index (κ2) is 2.58. The average molecular weight is 275 g/mol. The fourth-order valence-corrected chi connectivity index (χ4v) is 1.42. The van der Waals surface area contributed by atoms with Crippen LogP contribution in [0.2, 0.25) is 0 Å². The van der Waals surface area contributed by atoms with Crippen molar-refractivity contribution in [2.75, 3.05) is 0 Å². The molecule has 12 heavy (non-hydrogen) atoms. The van der Waals surface area contributed by atoms with Gasteiger partial charge in [0.25, 0.3) is 0 Å². The van der Waals surface area contributed by atoms with Crippen LogP contribution in [0.15, 0.2) is 12.3 Å². The Bertz CT molecular complexity index is 437. The minimum atomic E-state index is -0.0653. The van der Waals surface area contributed by atoms with E-state index in [2.05, 4.69) is 32.8 Å². The lowest BCUT2D eigenvalue weighted by atomic mass is 10.3. The van der Waals surface area contributed by atoms with E-state index in [0.29, 0.717) is 5.65 Å². The molecular formula is C7H6IN3O. The second-order valence-electron chi connectivity index (χ2n) is 2.53. The summed E-state index contributed by atoms with van der Waals surface area (Å²) in [6.45, 7) is 1.97. The van der Waals surface area contributed by atoms with Gasteiger partial charge in [0.05, 0.1) is 0 Å². The van der Waals surface area contributed by atoms with Crippen LogP contribution in [0.4, 0.5) is 0 Å². The van der Waals surface area contributed by atoms with Crippen LogP contribution in [-0.2, 0) is 0 Å². The zero-order valence-corrected chi connectivity index (χ0v) is 8.48. The number of aromatic nitrogens is 3. The van der Waals surface area contributed by atoms with Crippen molar-refractivity contribution in [1.29, 1.82) is 0 Å². The summed E-state index contributed by atoms with van der Waals surface area (Å²) in [4.78, 5) is 0. The largest absolute Gasteiger partial charge is 0.479 e. The number of nitrogens with zero attached hydrogens (tertiary/aromatic N) is 3. The van der Waals surface area contributed by atoms with E-state index in [4.69, 9.17) is 0 Å². The van der Waals surface area contributed by atoms with Crippen LogP contribution in [0.25, 0.3) is 5.65 Å². The topological polar surface area (TPSA) is 50.4 Å². The molecule has 0 unspecified atom stereocenters. The van der Waals surface area contributed by atoms with Crippen molar-refractivity contribution >= 4 is 28.2 Å². The number of fused-ring (bicyclic) bond motifs is 1. The summed E-state index contributed by atoms with van der Waals surface area (Å²) < 4.78 is 2.67. The molecule has 2 aromatic rings. The number of aryl methyl sites for hydroxylation is 1. The van der Waals surface area contributed by atoms with Gasteiger partial charge in [-0.05, 0) is 41.1 Å². The molecular weight excluding hydrogens is 269 g/mol. The van der Waals surface area contributed by atoms with Gasteiger partial charge < -0.3 is 5.11 Å². The summed E-state index contributed by atoms with van der Waals surface area (Å²) in [7, 11) is 0. The molecule has 2 rings (SSSR count). The standard InChI is InChI=1S/C7H6IN3O/c1-4-3-11-6(2-5(4)8)9-10-7(11)12/h2-3H,1H3,(H,10,12). The fraction of sp³-hybridized carbons (Fsp3) is 0.143. The van der Waals surface area contributed by atoms with Gasteiger partial charge in [0.1, 0.15) is 0 Å². The van der Waals surface area contributed by atoms with E-state index in [1.807, 2.05) is 19.2 Å². The highest BCUT2D eigenvalue weighted by Gasteiger charge is 2.04. The molecule has 0 aliphatic carbocycles. The van der Waals surface area contributed by atoms with E-state index >= 15 is 0 Å². The summed E-state index contributed by atoms with van der Waals surface area (Å²) in [5.74, 6) is 0. The molecule has 0 amide bonds. The molecule has 2 aromatic heterocycles. The van der Waals surface area contributed by atoms with E-state index in [0.717, 1.165) is 9.13 Å². The van der Waals surface area contributed by atoms with Gasteiger partial charge in [0.2, 0.25) is 0 Å². The maximum absolute atomic E-state index is 9.21. The molecule has 1 N–H and O–H groups in total. The Morgan fingerprint density at radius 1 is 1.50 bits per heavy atom. The Kier molecular flexibility index (Phi) is 1.67. The molecule has 0 spiro atoms. The molecule has 0 bridgehead atoms. The molecule has 0 atom stereocenters. The number of halogens is 1. The Morgan fingerprint density at radius 2 is 2.25 bits per heavy atom. The van der Waals surface area contributed by atoms with Crippen molar-refractivity contribution in [3.8, 4) is 6.01 Å². The van der Waals surface area contributed by atoms with E-state index in [-0.39, 0.29) is 6.01 Å². The molecule has 62 valence electrons. The Morgan fingerprint density at radius 3 is 3.00 bits per heavy atom. The summed E-state index contributed by atoms with van der Waals surface area (Å²) in [5.41, 5.74) is 1.76. The van der Waals surface area contributed by atoms with Crippen LogP contribution in [0.1, 0.15) is 5.56 Å². The summed E-state index contributed by atoms with van der Waals surface area (Å²) >= 11 is 2.22. The van der Waals surface area contributed by atoms with Crippen LogP contribution < -0.4 is 0 Å². The van der Waals surface area contributed by atoms with Gasteiger partial charge in [-0.15, -0.1) is 5.10 Å². The molecule has 0 saturated heterocycles. The SMILES string of the molecule is Cc1cn2c(O)nnc2cc1I. The van der Waals surface area contributed by atoms with E-state index in [1.54, 1.807) is 4.40 Å².